The van der Waals surface area contributed by atoms with Crippen LogP contribution in [0, 0.1) is 0 Å². The van der Waals surface area contributed by atoms with Crippen LogP contribution in [0.2, 0.25) is 10.0 Å². The highest BCUT2D eigenvalue weighted by atomic mass is 35.5. The summed E-state index contributed by atoms with van der Waals surface area (Å²) in [6.07, 6.45) is 6.67. The van der Waals surface area contributed by atoms with Crippen LogP contribution in [-0.4, -0.2) is 34.0 Å². The SMILES string of the molecule is O=C(NCc1ccc(Cl)cc1Cl)N1CC=C(c2c[nH]c3ncccc23)CC1. The number of benzene rings is 1. The average Bonchev–Trinajstić information content (AvgIpc) is 3.11. The van der Waals surface area contributed by atoms with Crippen LogP contribution in [0.4, 0.5) is 4.79 Å². The molecule has 2 amide bonds. The lowest BCUT2D eigenvalue weighted by Gasteiger charge is -2.26. The Bertz CT molecular complexity index is 1030. The number of H-pyrrole nitrogens is 1. The standard InChI is InChI=1S/C20H18Cl2N4O/c21-15-4-3-14(18(22)10-15)11-25-20(27)26-8-5-13(6-9-26)17-12-24-19-16(17)2-1-7-23-19/h1-5,7,10,12H,6,8-9,11H2,(H,23,24)(H,25,27). The second kappa shape index (κ2) is 7.62. The lowest BCUT2D eigenvalue weighted by atomic mass is 10.00. The van der Waals surface area contributed by atoms with Crippen LogP contribution in [0.25, 0.3) is 16.6 Å². The average molecular weight is 401 g/mol. The first-order chi connectivity index (χ1) is 13.1. The molecule has 27 heavy (non-hydrogen) atoms. The number of hydrogen-bond acceptors (Lipinski definition) is 2. The van der Waals surface area contributed by atoms with Crippen molar-refractivity contribution in [2.24, 2.45) is 0 Å². The molecule has 3 heterocycles. The highest BCUT2D eigenvalue weighted by Gasteiger charge is 2.19. The summed E-state index contributed by atoms with van der Waals surface area (Å²) in [6, 6.07) is 9.16. The molecule has 1 aliphatic rings. The molecule has 0 saturated carbocycles. The van der Waals surface area contributed by atoms with Crippen LogP contribution in [0.5, 0.6) is 0 Å². The molecule has 0 unspecified atom stereocenters. The summed E-state index contributed by atoms with van der Waals surface area (Å²) >= 11 is 12.1. The number of urea groups is 1. The van der Waals surface area contributed by atoms with E-state index in [4.69, 9.17) is 23.2 Å². The van der Waals surface area contributed by atoms with Crippen molar-refractivity contribution in [3.8, 4) is 0 Å². The number of fused-ring (bicyclic) bond motifs is 1. The summed E-state index contributed by atoms with van der Waals surface area (Å²) in [6.45, 7) is 1.61. The number of carbonyl (C=O) groups is 1. The van der Waals surface area contributed by atoms with Gasteiger partial charge in [-0.05, 0) is 41.8 Å². The van der Waals surface area contributed by atoms with E-state index in [1.165, 1.54) is 5.57 Å². The fourth-order valence-electron chi connectivity index (χ4n) is 3.27. The Morgan fingerprint density at radius 2 is 2.19 bits per heavy atom. The van der Waals surface area contributed by atoms with Crippen LogP contribution in [-0.2, 0) is 6.54 Å². The van der Waals surface area contributed by atoms with E-state index in [-0.39, 0.29) is 6.03 Å². The maximum absolute atomic E-state index is 12.5. The summed E-state index contributed by atoms with van der Waals surface area (Å²) in [5.74, 6) is 0. The number of amides is 2. The summed E-state index contributed by atoms with van der Waals surface area (Å²) in [4.78, 5) is 21.8. The second-order valence-corrected chi connectivity index (χ2v) is 7.27. The first kappa shape index (κ1) is 17.9. The third-order valence-corrected chi connectivity index (χ3v) is 5.33. The van der Waals surface area contributed by atoms with Gasteiger partial charge in [-0.1, -0.05) is 35.3 Å². The van der Waals surface area contributed by atoms with Crippen molar-refractivity contribution in [2.75, 3.05) is 13.1 Å². The fourth-order valence-corrected chi connectivity index (χ4v) is 3.74. The minimum absolute atomic E-state index is 0.100. The molecule has 2 N–H and O–H groups in total. The molecule has 0 radical (unpaired) electrons. The van der Waals surface area contributed by atoms with Gasteiger partial charge in [-0.3, -0.25) is 0 Å². The largest absolute Gasteiger partial charge is 0.346 e. The van der Waals surface area contributed by atoms with Crippen LogP contribution >= 0.6 is 23.2 Å². The normalized spacial score (nSPS) is 14.3. The molecule has 0 saturated heterocycles. The quantitative estimate of drug-likeness (QED) is 0.658. The number of hydrogen-bond donors (Lipinski definition) is 2. The zero-order valence-electron chi connectivity index (χ0n) is 14.5. The van der Waals surface area contributed by atoms with E-state index in [1.54, 1.807) is 23.2 Å². The lowest BCUT2D eigenvalue weighted by Crippen LogP contribution is -2.41. The topological polar surface area (TPSA) is 61.0 Å². The predicted octanol–water partition coefficient (Wildman–Crippen LogP) is 4.87. The predicted molar refractivity (Wildman–Crippen MR) is 109 cm³/mol. The van der Waals surface area contributed by atoms with Crippen molar-refractivity contribution < 1.29 is 4.79 Å². The Balaban J connectivity index is 1.40. The van der Waals surface area contributed by atoms with Gasteiger partial charge in [0.15, 0.2) is 0 Å². The number of nitrogens with one attached hydrogen (secondary N) is 2. The monoisotopic (exact) mass is 400 g/mol. The van der Waals surface area contributed by atoms with Crippen LogP contribution in [0.1, 0.15) is 17.5 Å². The lowest BCUT2D eigenvalue weighted by molar-refractivity contribution is 0.202. The highest BCUT2D eigenvalue weighted by molar-refractivity contribution is 6.35. The Kier molecular flexibility index (Phi) is 5.05. The van der Waals surface area contributed by atoms with Crippen molar-refractivity contribution >= 4 is 45.8 Å². The van der Waals surface area contributed by atoms with Gasteiger partial charge in [0.1, 0.15) is 5.65 Å². The van der Waals surface area contributed by atoms with Gasteiger partial charge < -0.3 is 15.2 Å². The summed E-state index contributed by atoms with van der Waals surface area (Å²) in [5, 5.41) is 5.16. The van der Waals surface area contributed by atoms with Gasteiger partial charge in [-0.15, -0.1) is 0 Å². The number of pyridine rings is 1. The van der Waals surface area contributed by atoms with E-state index in [0.29, 0.717) is 29.7 Å². The molecule has 0 fully saturated rings. The van der Waals surface area contributed by atoms with Crippen LogP contribution < -0.4 is 5.32 Å². The van der Waals surface area contributed by atoms with Gasteiger partial charge in [0.25, 0.3) is 0 Å². The molecule has 4 rings (SSSR count). The molecule has 0 bridgehead atoms. The first-order valence-corrected chi connectivity index (χ1v) is 9.45. The molecule has 2 aromatic heterocycles. The number of halogens is 2. The minimum Gasteiger partial charge on any atom is -0.346 e. The zero-order chi connectivity index (χ0) is 18.8. The molecular formula is C20H18Cl2N4O. The van der Waals surface area contributed by atoms with Crippen molar-refractivity contribution in [1.82, 2.24) is 20.2 Å². The van der Waals surface area contributed by atoms with E-state index in [1.807, 2.05) is 18.3 Å². The molecule has 0 atom stereocenters. The van der Waals surface area contributed by atoms with Crippen LogP contribution in [0.15, 0.2) is 48.8 Å². The van der Waals surface area contributed by atoms with Gasteiger partial charge in [0, 0.05) is 53.0 Å². The third kappa shape index (κ3) is 3.80. The van der Waals surface area contributed by atoms with Gasteiger partial charge in [-0.25, -0.2) is 9.78 Å². The summed E-state index contributed by atoms with van der Waals surface area (Å²) < 4.78 is 0. The number of nitrogens with zero attached hydrogens (tertiary/aromatic N) is 2. The van der Waals surface area contributed by atoms with E-state index >= 15 is 0 Å². The number of aromatic amines is 1. The molecule has 7 heteroatoms. The Morgan fingerprint density at radius 1 is 1.30 bits per heavy atom. The first-order valence-electron chi connectivity index (χ1n) is 8.70. The third-order valence-electron chi connectivity index (χ3n) is 4.74. The molecule has 3 aromatic rings. The summed E-state index contributed by atoms with van der Waals surface area (Å²) in [7, 11) is 0. The molecule has 5 nitrogen and oxygen atoms in total. The number of rotatable bonds is 3. The van der Waals surface area contributed by atoms with Crippen molar-refractivity contribution in [2.45, 2.75) is 13.0 Å². The van der Waals surface area contributed by atoms with Gasteiger partial charge in [-0.2, -0.15) is 0 Å². The van der Waals surface area contributed by atoms with Crippen molar-refractivity contribution in [3.05, 3.63) is 70.0 Å². The fraction of sp³-hybridized carbons (Fsp3) is 0.200. The minimum atomic E-state index is -0.100. The molecule has 138 valence electrons. The van der Waals surface area contributed by atoms with E-state index < -0.39 is 0 Å². The number of aromatic nitrogens is 2. The number of carbonyl (C=O) groups excluding carboxylic acids is 1. The van der Waals surface area contributed by atoms with Gasteiger partial charge in [0.2, 0.25) is 0 Å². The van der Waals surface area contributed by atoms with Crippen molar-refractivity contribution in [1.29, 1.82) is 0 Å². The van der Waals surface area contributed by atoms with Crippen LogP contribution in [0.3, 0.4) is 0 Å². The molecule has 1 aliphatic heterocycles. The summed E-state index contributed by atoms with van der Waals surface area (Å²) in [5.41, 5.74) is 4.12. The molecule has 0 aliphatic carbocycles. The highest BCUT2D eigenvalue weighted by Crippen LogP contribution is 2.28. The van der Waals surface area contributed by atoms with Gasteiger partial charge in [0.05, 0.1) is 0 Å². The van der Waals surface area contributed by atoms with E-state index in [2.05, 4.69) is 27.4 Å². The Morgan fingerprint density at radius 3 is 2.96 bits per heavy atom. The smallest absolute Gasteiger partial charge is 0.317 e. The maximum Gasteiger partial charge on any atom is 0.317 e. The van der Waals surface area contributed by atoms with E-state index in [0.717, 1.165) is 28.6 Å². The maximum atomic E-state index is 12.5. The van der Waals surface area contributed by atoms with Crippen molar-refractivity contribution in [3.63, 3.8) is 0 Å². The van der Waals surface area contributed by atoms with Gasteiger partial charge >= 0.3 is 6.03 Å². The van der Waals surface area contributed by atoms with E-state index in [9.17, 15) is 4.79 Å². The Labute approximate surface area is 167 Å². The Hall–Kier alpha value is -2.50. The molecule has 1 aromatic carbocycles. The molecular weight excluding hydrogens is 383 g/mol. The molecule has 0 spiro atoms. The second-order valence-electron chi connectivity index (χ2n) is 6.42. The zero-order valence-corrected chi connectivity index (χ0v) is 16.0.